The maximum atomic E-state index is 12.1. The number of oxazole rings is 1. The molecule has 0 saturated carbocycles. The SMILES string of the molecule is O=C(NCCCCc1ccccc1)n1c(=O)oc2cnccc21. The van der Waals surface area contributed by atoms with Gasteiger partial charge in [-0.25, -0.2) is 9.59 Å². The zero-order valence-electron chi connectivity index (χ0n) is 12.6. The largest absolute Gasteiger partial charge is 0.428 e. The normalized spacial score (nSPS) is 10.8. The quantitative estimate of drug-likeness (QED) is 0.735. The van der Waals surface area contributed by atoms with E-state index < -0.39 is 11.8 Å². The van der Waals surface area contributed by atoms with Gasteiger partial charge in [-0.05, 0) is 30.9 Å². The number of aryl methyl sites for hydroxylation is 1. The highest BCUT2D eigenvalue weighted by atomic mass is 16.4. The Morgan fingerprint density at radius 1 is 1.17 bits per heavy atom. The van der Waals surface area contributed by atoms with Gasteiger partial charge in [0, 0.05) is 12.7 Å². The number of unbranched alkanes of at least 4 members (excludes halogenated alkanes) is 1. The summed E-state index contributed by atoms with van der Waals surface area (Å²) in [6.07, 6.45) is 5.71. The van der Waals surface area contributed by atoms with E-state index in [0.29, 0.717) is 17.6 Å². The van der Waals surface area contributed by atoms with E-state index in [0.717, 1.165) is 23.8 Å². The standard InChI is InChI=1S/C17H17N3O3/c21-16(19-10-5-4-8-13-6-2-1-3-7-13)20-14-9-11-18-12-15(14)23-17(20)22/h1-3,6-7,9,11-12H,4-5,8,10H2,(H,19,21). The number of carbonyl (C=O) groups excluding carboxylic acids is 1. The Kier molecular flexibility index (Phi) is 4.52. The molecule has 0 radical (unpaired) electrons. The molecule has 2 aromatic heterocycles. The van der Waals surface area contributed by atoms with Crippen molar-refractivity contribution in [3.05, 3.63) is 64.9 Å². The summed E-state index contributed by atoms with van der Waals surface area (Å²) in [5, 5.41) is 2.75. The highest BCUT2D eigenvalue weighted by Gasteiger charge is 2.15. The lowest BCUT2D eigenvalue weighted by Crippen LogP contribution is -2.34. The number of hydrogen-bond acceptors (Lipinski definition) is 4. The Balaban J connectivity index is 1.53. The molecule has 1 N–H and O–H groups in total. The summed E-state index contributed by atoms with van der Waals surface area (Å²) < 4.78 is 5.98. The molecule has 1 amide bonds. The first-order valence-electron chi connectivity index (χ1n) is 7.53. The van der Waals surface area contributed by atoms with Crippen LogP contribution in [0, 0.1) is 0 Å². The van der Waals surface area contributed by atoms with Crippen LogP contribution in [0.5, 0.6) is 0 Å². The second-order valence-corrected chi connectivity index (χ2v) is 5.22. The summed E-state index contributed by atoms with van der Waals surface area (Å²) in [6, 6.07) is 11.3. The number of pyridine rings is 1. The lowest BCUT2D eigenvalue weighted by Gasteiger charge is -2.05. The average Bonchev–Trinajstić information content (AvgIpc) is 2.91. The minimum atomic E-state index is -0.699. The summed E-state index contributed by atoms with van der Waals surface area (Å²) >= 11 is 0. The third-order valence-electron chi connectivity index (χ3n) is 3.60. The van der Waals surface area contributed by atoms with Crippen LogP contribution in [-0.4, -0.2) is 22.1 Å². The minimum Gasteiger partial charge on any atom is -0.406 e. The predicted octanol–water partition coefficient (Wildman–Crippen LogP) is 2.57. The fraction of sp³-hybridized carbons (Fsp3) is 0.235. The highest BCUT2D eigenvalue weighted by molar-refractivity contribution is 5.87. The molecular formula is C17H17N3O3. The van der Waals surface area contributed by atoms with Crippen molar-refractivity contribution in [3.63, 3.8) is 0 Å². The number of fused-ring (bicyclic) bond motifs is 1. The third-order valence-corrected chi connectivity index (χ3v) is 3.60. The summed E-state index contributed by atoms with van der Waals surface area (Å²) in [5.74, 6) is -0.699. The van der Waals surface area contributed by atoms with E-state index in [2.05, 4.69) is 22.4 Å². The third kappa shape index (κ3) is 3.48. The molecule has 0 saturated heterocycles. The molecule has 118 valence electrons. The molecule has 0 bridgehead atoms. The van der Waals surface area contributed by atoms with Crippen LogP contribution in [-0.2, 0) is 6.42 Å². The molecule has 0 fully saturated rings. The molecule has 6 heteroatoms. The number of nitrogens with zero attached hydrogens (tertiary/aromatic N) is 2. The smallest absolute Gasteiger partial charge is 0.406 e. The van der Waals surface area contributed by atoms with Gasteiger partial charge >= 0.3 is 11.8 Å². The second kappa shape index (κ2) is 6.91. The summed E-state index contributed by atoms with van der Waals surface area (Å²) in [5.41, 5.74) is 2.01. The monoisotopic (exact) mass is 311 g/mol. The van der Waals surface area contributed by atoms with Gasteiger partial charge in [-0.2, -0.15) is 4.57 Å². The average molecular weight is 311 g/mol. The van der Waals surface area contributed by atoms with Crippen LogP contribution in [0.4, 0.5) is 4.79 Å². The topological polar surface area (TPSA) is 77.1 Å². The first-order chi connectivity index (χ1) is 11.3. The fourth-order valence-corrected chi connectivity index (χ4v) is 2.44. The second-order valence-electron chi connectivity index (χ2n) is 5.22. The number of nitrogens with one attached hydrogen (secondary N) is 1. The number of amides is 1. The Morgan fingerprint density at radius 3 is 2.83 bits per heavy atom. The number of rotatable bonds is 5. The molecule has 0 spiro atoms. The lowest BCUT2D eigenvalue weighted by atomic mass is 10.1. The molecule has 0 atom stereocenters. The Labute approximate surface area is 132 Å². The highest BCUT2D eigenvalue weighted by Crippen LogP contribution is 2.09. The molecule has 2 heterocycles. The molecule has 3 aromatic rings. The van der Waals surface area contributed by atoms with Crippen LogP contribution in [0.1, 0.15) is 18.4 Å². The lowest BCUT2D eigenvalue weighted by molar-refractivity contribution is 0.241. The van der Waals surface area contributed by atoms with Crippen molar-refractivity contribution in [1.29, 1.82) is 0 Å². The number of hydrogen-bond donors (Lipinski definition) is 1. The first-order valence-corrected chi connectivity index (χ1v) is 7.53. The van der Waals surface area contributed by atoms with Gasteiger partial charge in [0.2, 0.25) is 0 Å². The van der Waals surface area contributed by atoms with Crippen molar-refractivity contribution in [3.8, 4) is 0 Å². The summed E-state index contributed by atoms with van der Waals surface area (Å²) in [4.78, 5) is 27.8. The molecule has 0 aliphatic rings. The molecule has 23 heavy (non-hydrogen) atoms. The van der Waals surface area contributed by atoms with Crippen LogP contribution in [0.3, 0.4) is 0 Å². The Bertz CT molecular complexity index is 852. The van der Waals surface area contributed by atoms with Crippen molar-refractivity contribution in [2.45, 2.75) is 19.3 Å². The Hall–Kier alpha value is -2.89. The molecule has 3 rings (SSSR count). The number of aromatic nitrogens is 2. The van der Waals surface area contributed by atoms with E-state index in [1.54, 1.807) is 6.07 Å². The zero-order valence-corrected chi connectivity index (χ0v) is 12.6. The van der Waals surface area contributed by atoms with E-state index in [-0.39, 0.29) is 0 Å². The van der Waals surface area contributed by atoms with Gasteiger partial charge in [-0.3, -0.25) is 4.98 Å². The van der Waals surface area contributed by atoms with Crippen molar-refractivity contribution >= 4 is 17.1 Å². The zero-order chi connectivity index (χ0) is 16.1. The predicted molar refractivity (Wildman–Crippen MR) is 86.4 cm³/mol. The van der Waals surface area contributed by atoms with E-state index in [9.17, 15) is 9.59 Å². The molecule has 0 unspecified atom stereocenters. The van der Waals surface area contributed by atoms with Crippen molar-refractivity contribution in [1.82, 2.24) is 14.9 Å². The van der Waals surface area contributed by atoms with Gasteiger partial charge < -0.3 is 9.73 Å². The molecule has 0 aliphatic carbocycles. The fourth-order valence-electron chi connectivity index (χ4n) is 2.44. The van der Waals surface area contributed by atoms with Crippen LogP contribution in [0.15, 0.2) is 58.0 Å². The van der Waals surface area contributed by atoms with E-state index >= 15 is 0 Å². The van der Waals surface area contributed by atoms with Crippen LogP contribution in [0.2, 0.25) is 0 Å². The van der Waals surface area contributed by atoms with Gasteiger partial charge in [-0.1, -0.05) is 30.3 Å². The maximum absolute atomic E-state index is 12.1. The Morgan fingerprint density at radius 2 is 2.00 bits per heavy atom. The molecular weight excluding hydrogens is 294 g/mol. The van der Waals surface area contributed by atoms with Crippen molar-refractivity contribution in [2.75, 3.05) is 6.54 Å². The summed E-state index contributed by atoms with van der Waals surface area (Å²) in [6.45, 7) is 0.510. The molecule has 1 aromatic carbocycles. The van der Waals surface area contributed by atoms with Crippen molar-refractivity contribution in [2.24, 2.45) is 0 Å². The van der Waals surface area contributed by atoms with Crippen LogP contribution >= 0.6 is 0 Å². The van der Waals surface area contributed by atoms with E-state index in [1.807, 2.05) is 18.2 Å². The minimum absolute atomic E-state index is 0.303. The molecule has 0 aliphatic heterocycles. The summed E-state index contributed by atoms with van der Waals surface area (Å²) in [7, 11) is 0. The van der Waals surface area contributed by atoms with E-state index in [1.165, 1.54) is 18.0 Å². The van der Waals surface area contributed by atoms with E-state index in [4.69, 9.17) is 4.42 Å². The van der Waals surface area contributed by atoms with Gasteiger partial charge in [0.15, 0.2) is 5.58 Å². The van der Waals surface area contributed by atoms with Crippen LogP contribution < -0.4 is 11.1 Å². The van der Waals surface area contributed by atoms with Gasteiger partial charge in [0.1, 0.15) is 5.52 Å². The van der Waals surface area contributed by atoms with Gasteiger partial charge in [-0.15, -0.1) is 0 Å². The van der Waals surface area contributed by atoms with Gasteiger partial charge in [0.25, 0.3) is 0 Å². The van der Waals surface area contributed by atoms with Crippen LogP contribution in [0.25, 0.3) is 11.1 Å². The van der Waals surface area contributed by atoms with Crippen molar-refractivity contribution < 1.29 is 9.21 Å². The molecule has 6 nitrogen and oxygen atoms in total. The number of carbonyl (C=O) groups is 1. The van der Waals surface area contributed by atoms with Gasteiger partial charge in [0.05, 0.1) is 6.20 Å². The first kappa shape index (κ1) is 15.0. The number of benzene rings is 1. The maximum Gasteiger partial charge on any atom is 0.428 e.